The predicted octanol–water partition coefficient (Wildman–Crippen LogP) is 1.41. The zero-order valence-corrected chi connectivity index (χ0v) is 4.29. The summed E-state index contributed by atoms with van der Waals surface area (Å²) in [7, 11) is 0. The summed E-state index contributed by atoms with van der Waals surface area (Å²) in [4.78, 5) is 0. The van der Waals surface area contributed by atoms with Crippen LogP contribution >= 0.6 is 0 Å². The fourth-order valence-electron chi connectivity index (χ4n) is 0.0945. The van der Waals surface area contributed by atoms with E-state index in [1.165, 1.54) is 0 Å². The molecule has 0 unspecified atom stereocenters. The van der Waals surface area contributed by atoms with Gasteiger partial charge in [0.15, 0.2) is 0 Å². The van der Waals surface area contributed by atoms with E-state index in [9.17, 15) is 13.2 Å². The molecular formula is C4H6F3N. The topological polar surface area (TPSA) is 26.0 Å². The van der Waals surface area contributed by atoms with Crippen molar-refractivity contribution in [2.24, 2.45) is 5.73 Å². The lowest BCUT2D eigenvalue weighted by Gasteiger charge is -2.02. The van der Waals surface area contributed by atoms with Crippen molar-refractivity contribution in [3.8, 4) is 0 Å². The Hall–Kier alpha value is -0.670. The van der Waals surface area contributed by atoms with Crippen molar-refractivity contribution in [3.63, 3.8) is 0 Å². The van der Waals surface area contributed by atoms with Gasteiger partial charge in [0.05, 0.1) is 0 Å². The van der Waals surface area contributed by atoms with Gasteiger partial charge >= 0.3 is 6.18 Å². The third-order valence-corrected chi connectivity index (χ3v) is 0.697. The van der Waals surface area contributed by atoms with Crippen LogP contribution in [0.5, 0.6) is 0 Å². The smallest absolute Gasteiger partial charge is 0.404 e. The Bertz CT molecular complexity index is 102. The summed E-state index contributed by atoms with van der Waals surface area (Å²) in [6.45, 7) is 0.917. The van der Waals surface area contributed by atoms with Crippen molar-refractivity contribution >= 4 is 0 Å². The average Bonchev–Trinajstić information content (AvgIpc) is 1.62. The van der Waals surface area contributed by atoms with E-state index in [2.05, 4.69) is 5.73 Å². The molecule has 0 saturated heterocycles. The number of rotatable bonds is 0. The van der Waals surface area contributed by atoms with Gasteiger partial charge < -0.3 is 5.73 Å². The fraction of sp³-hybridized carbons (Fsp3) is 0.500. The van der Waals surface area contributed by atoms with E-state index in [1.807, 2.05) is 0 Å². The second-order valence-corrected chi connectivity index (χ2v) is 1.35. The van der Waals surface area contributed by atoms with Gasteiger partial charge in [-0.2, -0.15) is 13.2 Å². The molecule has 0 heterocycles. The molecule has 0 aromatic heterocycles. The third kappa shape index (κ3) is 1.86. The molecule has 0 bridgehead atoms. The Labute approximate surface area is 45.0 Å². The molecule has 0 fully saturated rings. The zero-order valence-electron chi connectivity index (χ0n) is 4.29. The molecule has 0 radical (unpaired) electrons. The van der Waals surface area contributed by atoms with E-state index >= 15 is 0 Å². The van der Waals surface area contributed by atoms with Gasteiger partial charge in [0.2, 0.25) is 0 Å². The van der Waals surface area contributed by atoms with Gasteiger partial charge in [0.25, 0.3) is 0 Å². The van der Waals surface area contributed by atoms with Crippen molar-refractivity contribution in [2.75, 3.05) is 0 Å². The Morgan fingerprint density at radius 3 is 1.88 bits per heavy atom. The van der Waals surface area contributed by atoms with Crippen LogP contribution in [0.2, 0.25) is 0 Å². The molecule has 8 heavy (non-hydrogen) atoms. The summed E-state index contributed by atoms with van der Waals surface area (Å²) < 4.78 is 33.9. The Kier molecular flexibility index (Phi) is 1.89. The van der Waals surface area contributed by atoms with Crippen molar-refractivity contribution in [1.29, 1.82) is 0 Å². The lowest BCUT2D eigenvalue weighted by molar-refractivity contribution is -0.0914. The van der Waals surface area contributed by atoms with E-state index in [4.69, 9.17) is 0 Å². The average molecular weight is 125 g/mol. The third-order valence-electron chi connectivity index (χ3n) is 0.697. The molecule has 0 aliphatic rings. The minimum Gasteiger partial charge on any atom is -0.404 e. The van der Waals surface area contributed by atoms with E-state index in [1.54, 1.807) is 0 Å². The zero-order chi connectivity index (χ0) is 6.78. The SMILES string of the molecule is C/C(=C\N)C(F)(F)F. The molecule has 0 aliphatic carbocycles. The largest absolute Gasteiger partial charge is 0.413 e. The number of hydrogen-bond donors (Lipinski definition) is 1. The fourth-order valence-corrected chi connectivity index (χ4v) is 0.0945. The first-order chi connectivity index (χ1) is 3.48. The van der Waals surface area contributed by atoms with E-state index < -0.39 is 11.7 Å². The number of halogens is 3. The van der Waals surface area contributed by atoms with Gasteiger partial charge in [-0.25, -0.2) is 0 Å². The van der Waals surface area contributed by atoms with E-state index in [0.29, 0.717) is 6.20 Å². The summed E-state index contributed by atoms with van der Waals surface area (Å²) in [5.41, 5.74) is 3.81. The van der Waals surface area contributed by atoms with Crippen molar-refractivity contribution < 1.29 is 13.2 Å². The molecule has 0 atom stereocenters. The Morgan fingerprint density at radius 1 is 1.50 bits per heavy atom. The summed E-state index contributed by atoms with van der Waals surface area (Å²) in [6, 6.07) is 0. The number of allylic oxidation sites excluding steroid dienone is 1. The van der Waals surface area contributed by atoms with Crippen LogP contribution in [0.4, 0.5) is 13.2 Å². The maximum Gasteiger partial charge on any atom is 0.413 e. The first kappa shape index (κ1) is 7.33. The van der Waals surface area contributed by atoms with Gasteiger partial charge in [-0.3, -0.25) is 0 Å². The van der Waals surface area contributed by atoms with Crippen molar-refractivity contribution in [3.05, 3.63) is 11.8 Å². The molecule has 0 amide bonds. The number of nitrogens with two attached hydrogens (primary N) is 1. The Balaban J connectivity index is 4.03. The Morgan fingerprint density at radius 2 is 1.88 bits per heavy atom. The molecule has 0 rings (SSSR count). The van der Waals surface area contributed by atoms with Crippen LogP contribution in [-0.4, -0.2) is 6.18 Å². The molecule has 48 valence electrons. The summed E-state index contributed by atoms with van der Waals surface area (Å²) in [5, 5.41) is 0. The van der Waals surface area contributed by atoms with Crippen LogP contribution in [0.3, 0.4) is 0 Å². The molecule has 0 saturated carbocycles. The van der Waals surface area contributed by atoms with Crippen LogP contribution in [0.1, 0.15) is 6.92 Å². The molecule has 0 aromatic rings. The first-order valence-corrected chi connectivity index (χ1v) is 1.94. The molecule has 1 nitrogen and oxygen atoms in total. The van der Waals surface area contributed by atoms with Gasteiger partial charge in [0.1, 0.15) is 0 Å². The quantitative estimate of drug-likeness (QED) is 0.520. The van der Waals surface area contributed by atoms with Gasteiger partial charge in [0, 0.05) is 11.8 Å². The highest BCUT2D eigenvalue weighted by atomic mass is 19.4. The summed E-state index contributed by atoms with van der Waals surface area (Å²) in [5.74, 6) is 0. The first-order valence-electron chi connectivity index (χ1n) is 1.94. The van der Waals surface area contributed by atoms with Gasteiger partial charge in [-0.1, -0.05) is 0 Å². The van der Waals surface area contributed by atoms with Crippen LogP contribution in [0.25, 0.3) is 0 Å². The predicted molar refractivity (Wildman–Crippen MR) is 24.0 cm³/mol. The molecule has 0 spiro atoms. The van der Waals surface area contributed by atoms with Crippen LogP contribution < -0.4 is 5.73 Å². The second-order valence-electron chi connectivity index (χ2n) is 1.35. The van der Waals surface area contributed by atoms with Crippen LogP contribution in [0, 0.1) is 0 Å². The van der Waals surface area contributed by atoms with Gasteiger partial charge in [-0.05, 0) is 6.92 Å². The number of alkyl halides is 3. The van der Waals surface area contributed by atoms with Crippen molar-refractivity contribution in [2.45, 2.75) is 13.1 Å². The lowest BCUT2D eigenvalue weighted by atomic mass is 10.3. The summed E-state index contributed by atoms with van der Waals surface area (Å²) >= 11 is 0. The molecule has 0 aliphatic heterocycles. The lowest BCUT2D eigenvalue weighted by Crippen LogP contribution is -2.10. The minimum atomic E-state index is -4.26. The normalized spacial score (nSPS) is 14.2. The second kappa shape index (κ2) is 2.07. The number of hydrogen-bond acceptors (Lipinski definition) is 1. The van der Waals surface area contributed by atoms with Crippen LogP contribution in [0.15, 0.2) is 11.8 Å². The summed E-state index contributed by atoms with van der Waals surface area (Å²) in [6.07, 6.45) is -3.71. The molecule has 0 aromatic carbocycles. The maximum atomic E-state index is 11.3. The molecule has 2 N–H and O–H groups in total. The highest BCUT2D eigenvalue weighted by Crippen LogP contribution is 2.23. The molecular weight excluding hydrogens is 119 g/mol. The maximum absolute atomic E-state index is 11.3. The highest BCUT2D eigenvalue weighted by Gasteiger charge is 2.29. The van der Waals surface area contributed by atoms with Crippen molar-refractivity contribution in [1.82, 2.24) is 0 Å². The monoisotopic (exact) mass is 125 g/mol. The van der Waals surface area contributed by atoms with Crippen LogP contribution in [-0.2, 0) is 0 Å². The van der Waals surface area contributed by atoms with E-state index in [0.717, 1.165) is 6.92 Å². The standard InChI is InChI=1S/C4H6F3N/c1-3(2-8)4(5,6)7/h2H,8H2,1H3/b3-2+. The highest BCUT2D eigenvalue weighted by molar-refractivity contribution is 5.01. The van der Waals surface area contributed by atoms with E-state index in [-0.39, 0.29) is 0 Å². The minimum absolute atomic E-state index is 0.542. The molecule has 4 heteroatoms. The van der Waals surface area contributed by atoms with Gasteiger partial charge in [-0.15, -0.1) is 0 Å².